The van der Waals surface area contributed by atoms with Gasteiger partial charge >= 0.3 is 6.09 Å². The van der Waals surface area contributed by atoms with Gasteiger partial charge in [-0.25, -0.2) is 4.79 Å². The van der Waals surface area contributed by atoms with E-state index in [1.54, 1.807) is 32.0 Å². The Balaban J connectivity index is 2.29. The fraction of sp³-hybridized carbons (Fsp3) is 0.556. The summed E-state index contributed by atoms with van der Waals surface area (Å²) < 4.78 is 13.5. The maximum Gasteiger partial charge on any atom is 0.409 e. The number of carbonyl (C=O) groups excluding carboxylic acids is 1. The van der Waals surface area contributed by atoms with E-state index in [0.29, 0.717) is 5.69 Å². The van der Waals surface area contributed by atoms with Crippen molar-refractivity contribution in [1.29, 1.82) is 0 Å². The first-order chi connectivity index (χ1) is 13.6. The van der Waals surface area contributed by atoms with Gasteiger partial charge in [0, 0.05) is 7.77 Å². The van der Waals surface area contributed by atoms with Crippen molar-refractivity contribution in [2.45, 2.75) is 50.8 Å². The summed E-state index contributed by atoms with van der Waals surface area (Å²) in [6, 6.07) is 5.14. The molecule has 1 saturated heterocycles. The van der Waals surface area contributed by atoms with E-state index in [0.717, 1.165) is 0 Å². The molecular formula is C18H27N3O7. The van der Waals surface area contributed by atoms with Crippen LogP contribution < -0.4 is 16.0 Å². The first kappa shape index (κ1) is 20.3. The molecule has 0 spiro atoms. The zero-order chi connectivity index (χ0) is 21.7. The molecule has 1 heterocycles. The van der Waals surface area contributed by atoms with Crippen LogP contribution in [0.15, 0.2) is 24.3 Å². The predicted molar refractivity (Wildman–Crippen MR) is 101 cm³/mol. The summed E-state index contributed by atoms with van der Waals surface area (Å²) in [4.78, 5) is 23.4. The number of aliphatic hydroxyl groups is 3. The first-order valence-electron chi connectivity index (χ1n) is 9.44. The van der Waals surface area contributed by atoms with E-state index in [1.807, 2.05) is 0 Å². The number of aliphatic hydroxyl groups excluding tert-OH is 3. The van der Waals surface area contributed by atoms with Gasteiger partial charge in [-0.2, -0.15) is 0 Å². The van der Waals surface area contributed by atoms with Gasteiger partial charge < -0.3 is 35.8 Å². The minimum Gasteiger partial charge on any atom is -0.465 e. The number of hydrogen-bond donors (Lipinski definition) is 7. The monoisotopic (exact) mass is 398 g/mol. The normalized spacial score (nSPS) is 28.9. The van der Waals surface area contributed by atoms with Crippen molar-refractivity contribution in [2.75, 3.05) is 17.2 Å². The van der Waals surface area contributed by atoms with E-state index in [2.05, 4.69) is 16.0 Å². The molecule has 156 valence electrons. The summed E-state index contributed by atoms with van der Waals surface area (Å²) >= 11 is 0. The topological polar surface area (TPSA) is 160 Å². The zero-order valence-corrected chi connectivity index (χ0v) is 15.6. The summed E-state index contributed by atoms with van der Waals surface area (Å²) in [5.41, 5.74) is 0.501. The molecule has 1 aromatic carbocycles. The van der Waals surface area contributed by atoms with Crippen LogP contribution in [0.2, 0.25) is 0 Å². The third kappa shape index (κ3) is 5.55. The molecular weight excluding hydrogens is 370 g/mol. The molecule has 0 aromatic heterocycles. The van der Waals surface area contributed by atoms with E-state index in [-0.39, 0.29) is 11.6 Å². The number of amides is 2. The second-order valence-corrected chi connectivity index (χ2v) is 6.82. The van der Waals surface area contributed by atoms with E-state index in [4.69, 9.17) is 11.2 Å². The summed E-state index contributed by atoms with van der Waals surface area (Å²) in [5.74, 6) is -0.940. The lowest BCUT2D eigenvalue weighted by Gasteiger charge is -2.43. The Morgan fingerprint density at radius 3 is 2.43 bits per heavy atom. The van der Waals surface area contributed by atoms with Gasteiger partial charge in [-0.05, 0) is 18.1 Å². The van der Waals surface area contributed by atoms with Crippen LogP contribution in [0.3, 0.4) is 0 Å². The van der Waals surface area contributed by atoms with Gasteiger partial charge in [0.1, 0.15) is 24.4 Å². The Bertz CT molecular complexity index is 720. The Labute approximate surface area is 163 Å². The van der Waals surface area contributed by atoms with Crippen LogP contribution in [0.1, 0.15) is 21.6 Å². The lowest BCUT2D eigenvalue weighted by atomic mass is 9.95. The van der Waals surface area contributed by atoms with Crippen molar-refractivity contribution in [3.63, 3.8) is 0 Å². The van der Waals surface area contributed by atoms with Gasteiger partial charge in [-0.1, -0.05) is 26.0 Å². The average Bonchev–Trinajstić information content (AvgIpc) is 2.67. The third-order valence-corrected chi connectivity index (χ3v) is 4.19. The quantitative estimate of drug-likeness (QED) is 0.342. The van der Waals surface area contributed by atoms with Gasteiger partial charge in [0.05, 0.1) is 18.0 Å². The number of benzene rings is 1. The van der Waals surface area contributed by atoms with Gasteiger partial charge in [-0.15, -0.1) is 0 Å². The highest BCUT2D eigenvalue weighted by Crippen LogP contribution is 2.27. The minimum atomic E-state index is -1.50. The number of nitrogens with one attached hydrogen (secondary N) is 3. The molecule has 1 aromatic rings. The Hall–Kier alpha value is -2.40. The molecule has 0 radical (unpaired) electrons. The molecule has 2 unspecified atom stereocenters. The summed E-state index contributed by atoms with van der Waals surface area (Å²) in [5, 5.41) is 46.7. The van der Waals surface area contributed by atoms with Crippen molar-refractivity contribution in [1.82, 2.24) is 5.32 Å². The molecule has 2 rings (SSSR count). The zero-order valence-electron chi connectivity index (χ0n) is 16.6. The average molecular weight is 398 g/mol. The van der Waals surface area contributed by atoms with Crippen molar-refractivity contribution >= 4 is 23.4 Å². The van der Waals surface area contributed by atoms with Crippen LogP contribution in [0, 0.1) is 5.92 Å². The van der Waals surface area contributed by atoms with Crippen LogP contribution in [0.4, 0.5) is 16.2 Å². The summed E-state index contributed by atoms with van der Waals surface area (Å²) in [7, 11) is 0. The smallest absolute Gasteiger partial charge is 0.409 e. The van der Waals surface area contributed by atoms with E-state index in [1.165, 1.54) is 6.07 Å². The molecule has 1 aliphatic heterocycles. The maximum atomic E-state index is 12.4. The molecule has 7 N–H and O–H groups in total. The molecule has 0 aliphatic carbocycles. The van der Waals surface area contributed by atoms with Crippen molar-refractivity contribution in [2.24, 2.45) is 5.92 Å². The fourth-order valence-electron chi connectivity index (χ4n) is 2.90. The Morgan fingerprint density at radius 1 is 1.21 bits per heavy atom. The van der Waals surface area contributed by atoms with E-state index in [9.17, 15) is 24.9 Å². The van der Waals surface area contributed by atoms with Crippen molar-refractivity contribution in [3.05, 3.63) is 24.3 Å². The van der Waals surface area contributed by atoms with Gasteiger partial charge in [-0.3, -0.25) is 10.1 Å². The maximum absolute atomic E-state index is 12.4. The molecule has 0 bridgehead atoms. The Morgan fingerprint density at radius 2 is 1.86 bits per heavy atom. The Kier molecular flexibility index (Phi) is 7.04. The predicted octanol–water partition coefficient (Wildman–Crippen LogP) is 0.158. The highest BCUT2D eigenvalue weighted by atomic mass is 16.5. The molecule has 1 fully saturated rings. The molecule has 1 aliphatic rings. The summed E-state index contributed by atoms with van der Waals surface area (Å²) in [6.07, 6.45) is -7.61. The van der Waals surface area contributed by atoms with E-state index < -0.39 is 55.6 Å². The van der Waals surface area contributed by atoms with Crippen LogP contribution in [0.5, 0.6) is 0 Å². The lowest BCUT2D eigenvalue weighted by molar-refractivity contribution is -0.188. The molecule has 2 amide bonds. The number of hydrogen-bond acceptors (Lipinski definition) is 7. The van der Waals surface area contributed by atoms with Crippen LogP contribution in [-0.4, -0.2) is 69.6 Å². The summed E-state index contributed by atoms with van der Waals surface area (Å²) in [6.45, 7) is 2.82. The molecule has 10 nitrogen and oxygen atoms in total. The van der Waals surface area contributed by atoms with Gasteiger partial charge in [0.15, 0.2) is 6.23 Å². The number of carboxylic acid groups (broad SMARTS) is 1. The lowest BCUT2D eigenvalue weighted by Crippen LogP contribution is -2.66. The van der Waals surface area contributed by atoms with Crippen LogP contribution in [-0.2, 0) is 9.53 Å². The third-order valence-electron chi connectivity index (χ3n) is 4.19. The standard InChI is InChI=1S/C18H27N3O7/c1-9(2)7-13(23)21-14-16(25)15(24)12(8-22)28-17(14)19-10-5-3-4-6-11(10)20-18(26)27/h3-6,9,12,14-17,19-20,22,24-25H,7-8H2,1-2H3,(H,21,23)(H,26,27)/t12-,14-,15-,16-,17?/m1/s1/i7D/t7?,12-,14-,15-,16-,17?. The van der Waals surface area contributed by atoms with Crippen LogP contribution >= 0.6 is 0 Å². The highest BCUT2D eigenvalue weighted by molar-refractivity contribution is 5.88. The van der Waals surface area contributed by atoms with E-state index >= 15 is 0 Å². The number of ether oxygens (including phenoxy) is 1. The highest BCUT2D eigenvalue weighted by Gasteiger charge is 2.45. The van der Waals surface area contributed by atoms with Gasteiger partial charge in [0.25, 0.3) is 0 Å². The number of para-hydroxylation sites is 2. The number of anilines is 2. The fourth-order valence-corrected chi connectivity index (χ4v) is 2.90. The first-order valence-corrected chi connectivity index (χ1v) is 8.86. The molecule has 10 heteroatoms. The molecule has 0 saturated carbocycles. The number of rotatable bonds is 7. The molecule has 6 atom stereocenters. The molecule has 28 heavy (non-hydrogen) atoms. The second kappa shape index (κ2) is 9.69. The van der Waals surface area contributed by atoms with Crippen molar-refractivity contribution in [3.8, 4) is 0 Å². The number of carbonyl (C=O) groups is 2. The second-order valence-electron chi connectivity index (χ2n) is 6.82. The van der Waals surface area contributed by atoms with Crippen molar-refractivity contribution < 1.29 is 36.1 Å². The minimum absolute atomic E-state index is 0.204. The largest absolute Gasteiger partial charge is 0.465 e. The van der Waals surface area contributed by atoms with Gasteiger partial charge in [0.2, 0.25) is 5.91 Å². The SMILES string of the molecule is [2H]C(C(=O)N[C@H]1C(Nc2ccccc2NC(=O)O)O[C@H](CO)[C@@H](O)[C@@H]1O)C(C)C. The van der Waals surface area contributed by atoms with Crippen LogP contribution in [0.25, 0.3) is 0 Å².